The molecule has 0 spiro atoms. The zero-order chi connectivity index (χ0) is 19.5. The van der Waals surface area contributed by atoms with E-state index < -0.39 is 0 Å². The molecule has 0 N–H and O–H groups in total. The molecule has 1 atom stereocenters. The molecule has 1 aliphatic heterocycles. The van der Waals surface area contributed by atoms with Crippen LogP contribution in [0.25, 0.3) is 11.3 Å². The molecule has 2 heterocycles. The summed E-state index contributed by atoms with van der Waals surface area (Å²) in [6, 6.07) is 21.1. The molecular weight excluding hydrogens is 350 g/mol. The Labute approximate surface area is 164 Å². The molecule has 0 unspecified atom stereocenters. The van der Waals surface area contributed by atoms with E-state index >= 15 is 0 Å². The Bertz CT molecular complexity index is 980. The maximum Gasteiger partial charge on any atom is 0.274 e. The molecule has 1 saturated heterocycles. The summed E-state index contributed by atoms with van der Waals surface area (Å²) in [7, 11) is 1.84. The highest BCUT2D eigenvalue weighted by Crippen LogP contribution is 2.24. The molecule has 0 aliphatic carbocycles. The van der Waals surface area contributed by atoms with Crippen LogP contribution < -0.4 is 0 Å². The van der Waals surface area contributed by atoms with Crippen molar-refractivity contribution in [2.45, 2.75) is 12.8 Å². The van der Waals surface area contributed by atoms with Gasteiger partial charge in [0, 0.05) is 31.6 Å². The monoisotopic (exact) mass is 373 g/mol. The van der Waals surface area contributed by atoms with Gasteiger partial charge < -0.3 is 4.90 Å². The van der Waals surface area contributed by atoms with E-state index in [4.69, 9.17) is 0 Å². The van der Waals surface area contributed by atoms with Gasteiger partial charge in [-0.05, 0) is 24.5 Å². The highest BCUT2D eigenvalue weighted by molar-refractivity contribution is 5.99. The standard InChI is InChI=1S/C23H23N3O2/c1-25-21(17-9-4-2-5-10-17)15-20(24-25)23(28)26-14-8-13-19(16-26)22(27)18-11-6-3-7-12-18/h2-7,9-12,15,19H,8,13-14,16H2,1H3/t19-/m1/s1. The fraction of sp³-hybridized carbons (Fsp3) is 0.261. The van der Waals surface area contributed by atoms with E-state index in [1.807, 2.05) is 73.8 Å². The first-order valence-corrected chi connectivity index (χ1v) is 9.61. The summed E-state index contributed by atoms with van der Waals surface area (Å²) in [4.78, 5) is 27.6. The minimum atomic E-state index is -0.155. The van der Waals surface area contributed by atoms with Crippen molar-refractivity contribution in [2.75, 3.05) is 13.1 Å². The van der Waals surface area contributed by atoms with Gasteiger partial charge in [0.05, 0.1) is 5.69 Å². The van der Waals surface area contributed by atoms with Gasteiger partial charge in [-0.2, -0.15) is 5.10 Å². The van der Waals surface area contributed by atoms with Crippen LogP contribution in [0.2, 0.25) is 0 Å². The zero-order valence-corrected chi connectivity index (χ0v) is 15.9. The number of ketones is 1. The molecule has 0 radical (unpaired) electrons. The second-order valence-electron chi connectivity index (χ2n) is 7.23. The first-order chi connectivity index (χ1) is 13.6. The zero-order valence-electron chi connectivity index (χ0n) is 15.9. The number of carbonyl (C=O) groups is 2. The summed E-state index contributed by atoms with van der Waals surface area (Å²) in [5.41, 5.74) is 3.06. The lowest BCUT2D eigenvalue weighted by Gasteiger charge is -2.31. The molecule has 0 bridgehead atoms. The fourth-order valence-electron chi connectivity index (χ4n) is 3.83. The number of aryl methyl sites for hydroxylation is 1. The van der Waals surface area contributed by atoms with Gasteiger partial charge in [0.2, 0.25) is 0 Å². The third-order valence-electron chi connectivity index (χ3n) is 5.31. The largest absolute Gasteiger partial charge is 0.337 e. The Balaban J connectivity index is 1.51. The molecule has 0 saturated carbocycles. The van der Waals surface area contributed by atoms with Crippen LogP contribution in [0.1, 0.15) is 33.7 Å². The van der Waals surface area contributed by atoms with Crippen molar-refractivity contribution in [2.24, 2.45) is 13.0 Å². The van der Waals surface area contributed by atoms with E-state index in [0.29, 0.717) is 24.3 Å². The van der Waals surface area contributed by atoms with Crippen LogP contribution in [0.3, 0.4) is 0 Å². The van der Waals surface area contributed by atoms with Crippen molar-refractivity contribution >= 4 is 11.7 Å². The van der Waals surface area contributed by atoms with Crippen LogP contribution >= 0.6 is 0 Å². The first-order valence-electron chi connectivity index (χ1n) is 9.61. The quantitative estimate of drug-likeness (QED) is 0.653. The Morgan fingerprint density at radius 2 is 1.68 bits per heavy atom. The van der Waals surface area contributed by atoms with Crippen molar-refractivity contribution < 1.29 is 9.59 Å². The predicted molar refractivity (Wildman–Crippen MR) is 108 cm³/mol. The summed E-state index contributed by atoms with van der Waals surface area (Å²) in [6.45, 7) is 1.11. The van der Waals surface area contributed by atoms with Crippen molar-refractivity contribution in [3.05, 3.63) is 78.0 Å². The number of amides is 1. The molecule has 2 aromatic carbocycles. The molecule has 142 valence electrons. The lowest BCUT2D eigenvalue weighted by atomic mass is 9.90. The number of benzene rings is 2. The first kappa shape index (κ1) is 18.2. The van der Waals surface area contributed by atoms with Gasteiger partial charge in [0.15, 0.2) is 11.5 Å². The van der Waals surface area contributed by atoms with Crippen LogP contribution in [0.4, 0.5) is 0 Å². The molecule has 1 aromatic heterocycles. The SMILES string of the molecule is Cn1nc(C(=O)N2CCC[C@@H](C(=O)c3ccccc3)C2)cc1-c1ccccc1. The number of piperidine rings is 1. The Kier molecular flexibility index (Phi) is 5.06. The topological polar surface area (TPSA) is 55.2 Å². The maximum absolute atomic E-state index is 13.0. The minimum Gasteiger partial charge on any atom is -0.337 e. The molecule has 4 rings (SSSR count). The minimum absolute atomic E-state index is 0.108. The van der Waals surface area contributed by atoms with Gasteiger partial charge in [-0.25, -0.2) is 0 Å². The Hall–Kier alpha value is -3.21. The van der Waals surface area contributed by atoms with E-state index in [1.165, 1.54) is 0 Å². The summed E-state index contributed by atoms with van der Waals surface area (Å²) in [6.07, 6.45) is 1.64. The van der Waals surface area contributed by atoms with E-state index in [-0.39, 0.29) is 17.6 Å². The van der Waals surface area contributed by atoms with E-state index in [2.05, 4.69) is 5.10 Å². The van der Waals surface area contributed by atoms with Crippen LogP contribution in [-0.2, 0) is 7.05 Å². The Morgan fingerprint density at radius 3 is 2.39 bits per heavy atom. The predicted octanol–water partition coefficient (Wildman–Crippen LogP) is 3.82. The third-order valence-corrected chi connectivity index (χ3v) is 5.31. The molecule has 28 heavy (non-hydrogen) atoms. The van der Waals surface area contributed by atoms with Crippen molar-refractivity contribution in [1.29, 1.82) is 0 Å². The van der Waals surface area contributed by atoms with Crippen molar-refractivity contribution in [3.63, 3.8) is 0 Å². The highest BCUT2D eigenvalue weighted by atomic mass is 16.2. The number of hydrogen-bond acceptors (Lipinski definition) is 3. The summed E-state index contributed by atoms with van der Waals surface area (Å²) in [5.74, 6) is -0.148. The Morgan fingerprint density at radius 1 is 1.00 bits per heavy atom. The number of carbonyl (C=O) groups excluding carboxylic acids is 2. The average Bonchev–Trinajstić information content (AvgIpc) is 3.15. The lowest BCUT2D eigenvalue weighted by molar-refractivity contribution is 0.0631. The van der Waals surface area contributed by atoms with Crippen molar-refractivity contribution in [1.82, 2.24) is 14.7 Å². The van der Waals surface area contributed by atoms with Crippen LogP contribution in [-0.4, -0.2) is 39.5 Å². The highest BCUT2D eigenvalue weighted by Gasteiger charge is 2.30. The number of Topliss-reactive ketones (excluding diaryl/α,β-unsaturated/α-hetero) is 1. The lowest BCUT2D eigenvalue weighted by Crippen LogP contribution is -2.42. The number of likely N-dealkylation sites (tertiary alicyclic amines) is 1. The number of aromatic nitrogens is 2. The molecule has 3 aromatic rings. The molecule has 1 aliphatic rings. The average molecular weight is 373 g/mol. The number of nitrogens with zero attached hydrogens (tertiary/aromatic N) is 3. The second-order valence-corrected chi connectivity index (χ2v) is 7.23. The van der Waals surface area contributed by atoms with Gasteiger partial charge in [-0.3, -0.25) is 14.3 Å². The van der Waals surface area contributed by atoms with E-state index in [1.54, 1.807) is 9.58 Å². The normalized spacial score (nSPS) is 16.8. The van der Waals surface area contributed by atoms with Gasteiger partial charge in [0.25, 0.3) is 5.91 Å². The van der Waals surface area contributed by atoms with Crippen LogP contribution in [0, 0.1) is 5.92 Å². The molecular formula is C23H23N3O2. The molecule has 5 nitrogen and oxygen atoms in total. The third kappa shape index (κ3) is 3.60. The summed E-state index contributed by atoms with van der Waals surface area (Å²) in [5, 5.41) is 4.43. The van der Waals surface area contributed by atoms with E-state index in [0.717, 1.165) is 24.1 Å². The van der Waals surface area contributed by atoms with Gasteiger partial charge in [0.1, 0.15) is 0 Å². The second kappa shape index (κ2) is 7.80. The van der Waals surface area contributed by atoms with Crippen LogP contribution in [0.15, 0.2) is 66.7 Å². The summed E-state index contributed by atoms with van der Waals surface area (Å²) >= 11 is 0. The molecule has 1 amide bonds. The number of rotatable bonds is 4. The van der Waals surface area contributed by atoms with E-state index in [9.17, 15) is 9.59 Å². The molecule has 5 heteroatoms. The van der Waals surface area contributed by atoms with Gasteiger partial charge in [-0.15, -0.1) is 0 Å². The van der Waals surface area contributed by atoms with Gasteiger partial charge >= 0.3 is 0 Å². The number of hydrogen-bond donors (Lipinski definition) is 0. The summed E-state index contributed by atoms with van der Waals surface area (Å²) < 4.78 is 1.74. The fourth-order valence-corrected chi connectivity index (χ4v) is 3.83. The smallest absolute Gasteiger partial charge is 0.274 e. The molecule has 1 fully saturated rings. The van der Waals surface area contributed by atoms with Crippen molar-refractivity contribution in [3.8, 4) is 11.3 Å². The van der Waals surface area contributed by atoms with Gasteiger partial charge in [-0.1, -0.05) is 60.7 Å². The van der Waals surface area contributed by atoms with Crippen LogP contribution in [0.5, 0.6) is 0 Å². The maximum atomic E-state index is 13.0.